The number of anilines is 1. The van der Waals surface area contributed by atoms with Crippen LogP contribution in [0.3, 0.4) is 0 Å². The van der Waals surface area contributed by atoms with E-state index in [2.05, 4.69) is 26.8 Å². The van der Waals surface area contributed by atoms with Crippen molar-refractivity contribution in [1.82, 2.24) is 15.0 Å². The first-order valence-electron chi connectivity index (χ1n) is 9.97. The molecule has 7 heteroatoms. The largest absolute Gasteiger partial charge is 0.353 e. The van der Waals surface area contributed by atoms with E-state index in [-0.39, 0.29) is 5.78 Å². The van der Waals surface area contributed by atoms with Gasteiger partial charge in [-0.1, -0.05) is 11.6 Å². The van der Waals surface area contributed by atoms with E-state index in [1.165, 1.54) is 11.3 Å². The highest BCUT2D eigenvalue weighted by Gasteiger charge is 2.32. The second-order valence-electron chi connectivity index (χ2n) is 8.00. The van der Waals surface area contributed by atoms with Crippen molar-refractivity contribution in [3.05, 3.63) is 46.9 Å². The number of carbonyl (C=O) groups excluding carboxylic acids is 1. The molecular weight excluding hydrogens is 386 g/mol. The number of halogens is 1. The van der Waals surface area contributed by atoms with Crippen LogP contribution in [0, 0.1) is 5.92 Å². The van der Waals surface area contributed by atoms with Gasteiger partial charge in [0.25, 0.3) is 0 Å². The van der Waals surface area contributed by atoms with Crippen LogP contribution in [-0.4, -0.2) is 39.0 Å². The molecule has 2 aromatic heterocycles. The number of hydrogen-bond acceptors (Lipinski definition) is 5. The fourth-order valence-electron chi connectivity index (χ4n) is 4.60. The van der Waals surface area contributed by atoms with Crippen LogP contribution in [0.5, 0.6) is 0 Å². The number of H-pyrrole nitrogens is 1. The van der Waals surface area contributed by atoms with Crippen molar-refractivity contribution >= 4 is 45.6 Å². The summed E-state index contributed by atoms with van der Waals surface area (Å²) in [7, 11) is 0. The minimum absolute atomic E-state index is 0.0998. The van der Waals surface area contributed by atoms with Crippen LogP contribution in [0.25, 0.3) is 11.0 Å². The van der Waals surface area contributed by atoms with Gasteiger partial charge in [0.1, 0.15) is 17.8 Å². The number of aromatic amines is 1. The molecule has 1 aromatic carbocycles. The number of ketones is 1. The molecule has 5 rings (SSSR count). The quantitative estimate of drug-likeness (QED) is 0.636. The highest BCUT2D eigenvalue weighted by atomic mass is 35.5. The molecule has 148 valence electrons. The summed E-state index contributed by atoms with van der Waals surface area (Å²) in [5.74, 6) is 1.44. The smallest absolute Gasteiger partial charge is 0.159 e. The lowest BCUT2D eigenvalue weighted by molar-refractivity contribution is 0.101. The number of carbonyl (C=O) groups is 1. The van der Waals surface area contributed by atoms with Crippen molar-refractivity contribution in [2.75, 3.05) is 11.4 Å². The van der Waals surface area contributed by atoms with Crippen LogP contribution in [-0.2, 0) is 6.42 Å². The van der Waals surface area contributed by atoms with Gasteiger partial charge in [-0.25, -0.2) is 9.97 Å². The molecule has 1 fully saturated rings. The maximum Gasteiger partial charge on any atom is 0.159 e. The van der Waals surface area contributed by atoms with Gasteiger partial charge in [-0.15, -0.1) is 0 Å². The topological polar surface area (TPSA) is 74.2 Å². The van der Waals surface area contributed by atoms with Crippen molar-refractivity contribution in [3.63, 3.8) is 0 Å². The van der Waals surface area contributed by atoms with Gasteiger partial charge in [-0.3, -0.25) is 9.79 Å². The van der Waals surface area contributed by atoms with E-state index >= 15 is 0 Å². The van der Waals surface area contributed by atoms with Crippen molar-refractivity contribution < 1.29 is 4.79 Å². The van der Waals surface area contributed by atoms with E-state index in [0.717, 1.165) is 53.9 Å². The molecule has 0 radical (unpaired) electrons. The highest BCUT2D eigenvalue weighted by molar-refractivity contribution is 6.36. The minimum atomic E-state index is 0.0998. The molecular formula is C22H22ClN5O. The standard InChI is InChI=1S/C22H22ClN5O/c1-12-7-15(19-9-16-8-14(13(2)29)3-4-18(16)27-19)5-6-28(12)22-20-17(23)10-24-21(20)25-11-26-22/h3-4,8,10-12,15H,5-7,9H2,1-2H3,(H,24,25,26)/t12-,15?/m1/s1. The van der Waals surface area contributed by atoms with Crippen LogP contribution in [0.2, 0.25) is 5.02 Å². The SMILES string of the molecule is CC(=O)c1ccc2c(c1)CC(C1CCN(c3ncnc4[nH]cc(Cl)c34)[C@H](C)C1)=N2. The number of aromatic nitrogens is 3. The molecule has 3 aromatic rings. The Morgan fingerprint density at radius 3 is 2.97 bits per heavy atom. The number of hydrogen-bond donors (Lipinski definition) is 1. The Labute approximate surface area is 174 Å². The zero-order chi connectivity index (χ0) is 20.1. The summed E-state index contributed by atoms with van der Waals surface area (Å²) in [4.78, 5) is 30.8. The molecule has 1 N–H and O–H groups in total. The molecule has 1 unspecified atom stereocenters. The maximum atomic E-state index is 11.7. The molecule has 2 atom stereocenters. The molecule has 0 spiro atoms. The number of nitrogens with zero attached hydrogens (tertiary/aromatic N) is 4. The average molecular weight is 408 g/mol. The van der Waals surface area contributed by atoms with E-state index in [9.17, 15) is 4.79 Å². The molecule has 0 amide bonds. The third-order valence-corrected chi connectivity index (χ3v) is 6.44. The Balaban J connectivity index is 1.35. The lowest BCUT2D eigenvalue weighted by Gasteiger charge is -2.38. The van der Waals surface area contributed by atoms with Crippen LogP contribution >= 0.6 is 11.6 Å². The van der Waals surface area contributed by atoms with Crippen LogP contribution in [0.15, 0.2) is 35.7 Å². The summed E-state index contributed by atoms with van der Waals surface area (Å²) in [5, 5.41) is 1.55. The third-order valence-electron chi connectivity index (χ3n) is 6.14. The summed E-state index contributed by atoms with van der Waals surface area (Å²) < 4.78 is 0. The lowest BCUT2D eigenvalue weighted by atomic mass is 9.86. The van der Waals surface area contributed by atoms with E-state index in [0.29, 0.717) is 17.0 Å². The highest BCUT2D eigenvalue weighted by Crippen LogP contribution is 2.37. The number of nitrogens with one attached hydrogen (secondary N) is 1. The Morgan fingerprint density at radius 1 is 1.31 bits per heavy atom. The molecule has 0 bridgehead atoms. The van der Waals surface area contributed by atoms with E-state index in [1.54, 1.807) is 19.4 Å². The van der Waals surface area contributed by atoms with Gasteiger partial charge in [0.15, 0.2) is 5.78 Å². The number of piperidine rings is 1. The molecule has 2 aliphatic rings. The number of rotatable bonds is 3. The van der Waals surface area contributed by atoms with Crippen molar-refractivity contribution in [3.8, 4) is 0 Å². The van der Waals surface area contributed by atoms with Gasteiger partial charge >= 0.3 is 0 Å². The first-order chi connectivity index (χ1) is 14.0. The number of benzene rings is 1. The van der Waals surface area contributed by atoms with Crippen LogP contribution in [0.1, 0.15) is 42.6 Å². The zero-order valence-electron chi connectivity index (χ0n) is 16.4. The van der Waals surface area contributed by atoms with Gasteiger partial charge in [-0.2, -0.15) is 0 Å². The van der Waals surface area contributed by atoms with Crippen molar-refractivity contribution in [1.29, 1.82) is 0 Å². The van der Waals surface area contributed by atoms with Gasteiger partial charge in [-0.05, 0) is 50.5 Å². The zero-order valence-corrected chi connectivity index (χ0v) is 17.2. The van der Waals surface area contributed by atoms with Gasteiger partial charge in [0.05, 0.1) is 16.1 Å². The molecule has 4 heterocycles. The van der Waals surface area contributed by atoms with Crippen LogP contribution < -0.4 is 4.90 Å². The Morgan fingerprint density at radius 2 is 2.17 bits per heavy atom. The third kappa shape index (κ3) is 3.12. The number of fused-ring (bicyclic) bond motifs is 2. The summed E-state index contributed by atoms with van der Waals surface area (Å²) in [5.41, 5.74) is 4.95. The second-order valence-corrected chi connectivity index (χ2v) is 8.41. The molecule has 0 saturated carbocycles. The predicted molar refractivity (Wildman–Crippen MR) is 116 cm³/mol. The first kappa shape index (κ1) is 18.3. The van der Waals surface area contributed by atoms with Gasteiger partial charge < -0.3 is 9.88 Å². The van der Waals surface area contributed by atoms with Gasteiger partial charge in [0, 0.05) is 42.4 Å². The Hall–Kier alpha value is -2.73. The summed E-state index contributed by atoms with van der Waals surface area (Å²) >= 11 is 6.38. The predicted octanol–water partition coefficient (Wildman–Crippen LogP) is 4.75. The second kappa shape index (κ2) is 6.95. The fourth-order valence-corrected chi connectivity index (χ4v) is 4.83. The average Bonchev–Trinajstić information content (AvgIpc) is 3.31. The minimum Gasteiger partial charge on any atom is -0.353 e. The first-order valence-corrected chi connectivity index (χ1v) is 10.3. The van der Waals surface area contributed by atoms with Gasteiger partial charge in [0.2, 0.25) is 0 Å². The Bertz CT molecular complexity index is 1150. The monoisotopic (exact) mass is 407 g/mol. The van der Waals surface area contributed by atoms with Crippen molar-refractivity contribution in [2.45, 2.75) is 39.2 Å². The molecule has 0 aliphatic carbocycles. The van der Waals surface area contributed by atoms with Crippen molar-refractivity contribution in [2.24, 2.45) is 10.9 Å². The maximum absolute atomic E-state index is 11.7. The molecule has 1 saturated heterocycles. The van der Waals surface area contributed by atoms with E-state index < -0.39 is 0 Å². The lowest BCUT2D eigenvalue weighted by Crippen LogP contribution is -2.43. The molecule has 6 nitrogen and oxygen atoms in total. The summed E-state index contributed by atoms with van der Waals surface area (Å²) in [6, 6.07) is 6.17. The van der Waals surface area contributed by atoms with Crippen LogP contribution in [0.4, 0.5) is 11.5 Å². The summed E-state index contributed by atoms with van der Waals surface area (Å²) in [6.07, 6.45) is 6.23. The normalized spacial score (nSPS) is 21.3. The molecule has 29 heavy (non-hydrogen) atoms. The van der Waals surface area contributed by atoms with E-state index in [1.807, 2.05) is 18.2 Å². The van der Waals surface area contributed by atoms with E-state index in [4.69, 9.17) is 16.6 Å². The number of Topliss-reactive ketones (excluding diaryl/α,β-unsaturated/α-hetero) is 1. The fraction of sp³-hybridized carbons (Fsp3) is 0.364. The Kier molecular flexibility index (Phi) is 4.39. The number of aliphatic imine (C=N–C) groups is 1. The molecule has 2 aliphatic heterocycles. The summed E-state index contributed by atoms with van der Waals surface area (Å²) in [6.45, 7) is 4.74.